The lowest BCUT2D eigenvalue weighted by molar-refractivity contribution is -0.129. The number of nitrogens with zero attached hydrogens (tertiary/aromatic N) is 1. The van der Waals surface area contributed by atoms with E-state index in [2.05, 4.69) is 0 Å². The fourth-order valence-electron chi connectivity index (χ4n) is 2.47. The fraction of sp³-hybridized carbons (Fsp3) is 0.500. The van der Waals surface area contributed by atoms with Crippen LogP contribution in [0.4, 0.5) is 0 Å². The molecule has 0 radical (unpaired) electrons. The molecular weight excluding hydrogens is 307 g/mol. The molecule has 1 aromatic carbocycles. The second-order valence-corrected chi connectivity index (χ2v) is 7.50. The number of amides is 1. The fourth-order valence-corrected chi connectivity index (χ4v) is 4.92. The quantitative estimate of drug-likeness (QED) is 0.495. The summed E-state index contributed by atoms with van der Waals surface area (Å²) in [6, 6.07) is 6.67. The standard InChI is InChI=1S/C14H21N2O5P/c1-11-4-3-9-21-22(19,16(11)10-14(17)15-18)13-7-5-12(20-2)6-8-13/h5-8,11,18H,3-4,9-10H2,1-2H3,(H,15,17). The molecule has 1 aromatic rings. The zero-order chi connectivity index (χ0) is 16.2. The van der Waals surface area contributed by atoms with Gasteiger partial charge >= 0.3 is 7.52 Å². The van der Waals surface area contributed by atoms with Crippen LogP contribution in [-0.2, 0) is 13.9 Å². The molecule has 8 heteroatoms. The highest BCUT2D eigenvalue weighted by Crippen LogP contribution is 2.53. The summed E-state index contributed by atoms with van der Waals surface area (Å²) >= 11 is 0. The second-order valence-electron chi connectivity index (χ2n) is 5.18. The van der Waals surface area contributed by atoms with Crippen LogP contribution in [0.3, 0.4) is 0 Å². The largest absolute Gasteiger partial charge is 0.497 e. The van der Waals surface area contributed by atoms with Crippen LogP contribution in [-0.4, -0.2) is 42.1 Å². The third-order valence-electron chi connectivity index (χ3n) is 3.71. The van der Waals surface area contributed by atoms with Gasteiger partial charge in [-0.05, 0) is 44.0 Å². The molecule has 1 fully saturated rings. The van der Waals surface area contributed by atoms with E-state index >= 15 is 0 Å². The van der Waals surface area contributed by atoms with Crippen LogP contribution in [0.2, 0.25) is 0 Å². The molecule has 1 aliphatic heterocycles. The van der Waals surface area contributed by atoms with Crippen LogP contribution < -0.4 is 15.5 Å². The Morgan fingerprint density at radius 3 is 2.77 bits per heavy atom. The molecular formula is C14H21N2O5P. The van der Waals surface area contributed by atoms with Crippen molar-refractivity contribution >= 4 is 18.7 Å². The molecule has 0 aliphatic carbocycles. The van der Waals surface area contributed by atoms with Gasteiger partial charge in [0.05, 0.1) is 25.6 Å². The second kappa shape index (κ2) is 7.24. The van der Waals surface area contributed by atoms with Crippen LogP contribution in [0.1, 0.15) is 19.8 Å². The Bertz CT molecular complexity index is 563. The van der Waals surface area contributed by atoms with Gasteiger partial charge in [0, 0.05) is 6.04 Å². The first-order valence-electron chi connectivity index (χ1n) is 7.10. The number of carbonyl (C=O) groups excluding carboxylic acids is 1. The molecule has 1 amide bonds. The monoisotopic (exact) mass is 328 g/mol. The maximum Gasteiger partial charge on any atom is 0.303 e. The summed E-state index contributed by atoms with van der Waals surface area (Å²) in [5.74, 6) is 0.0314. The zero-order valence-corrected chi connectivity index (χ0v) is 13.6. The van der Waals surface area contributed by atoms with Crippen LogP contribution >= 0.6 is 7.52 Å². The summed E-state index contributed by atoms with van der Waals surface area (Å²) in [6.07, 6.45) is 1.53. The van der Waals surface area contributed by atoms with Gasteiger partial charge in [-0.3, -0.25) is 14.6 Å². The zero-order valence-electron chi connectivity index (χ0n) is 12.7. The molecule has 0 bridgehead atoms. The van der Waals surface area contributed by atoms with Gasteiger partial charge in [0.1, 0.15) is 5.75 Å². The van der Waals surface area contributed by atoms with Crippen molar-refractivity contribution in [3.63, 3.8) is 0 Å². The van der Waals surface area contributed by atoms with Crippen LogP contribution in [0.25, 0.3) is 0 Å². The first kappa shape index (κ1) is 17.0. The molecule has 2 atom stereocenters. The van der Waals surface area contributed by atoms with Gasteiger partial charge in [0.25, 0.3) is 5.91 Å². The van der Waals surface area contributed by atoms with Crippen molar-refractivity contribution < 1.29 is 23.8 Å². The summed E-state index contributed by atoms with van der Waals surface area (Å²) in [7, 11) is -1.81. The highest BCUT2D eigenvalue weighted by molar-refractivity contribution is 7.64. The predicted molar refractivity (Wildman–Crippen MR) is 81.5 cm³/mol. The van der Waals surface area contributed by atoms with Crippen molar-refractivity contribution in [2.45, 2.75) is 25.8 Å². The molecule has 1 aliphatic rings. The van der Waals surface area contributed by atoms with Gasteiger partial charge in [-0.15, -0.1) is 0 Å². The molecule has 2 unspecified atom stereocenters. The number of benzene rings is 1. The smallest absolute Gasteiger partial charge is 0.303 e. The van der Waals surface area contributed by atoms with E-state index in [1.807, 2.05) is 6.92 Å². The normalized spacial score (nSPS) is 26.2. The first-order valence-corrected chi connectivity index (χ1v) is 8.68. The topological polar surface area (TPSA) is 88.1 Å². The first-order chi connectivity index (χ1) is 10.5. The third kappa shape index (κ3) is 3.50. The van der Waals surface area contributed by atoms with Crippen molar-refractivity contribution in [3.05, 3.63) is 24.3 Å². The van der Waals surface area contributed by atoms with E-state index in [1.165, 1.54) is 4.67 Å². The van der Waals surface area contributed by atoms with Crippen molar-refractivity contribution in [1.29, 1.82) is 0 Å². The third-order valence-corrected chi connectivity index (χ3v) is 6.40. The predicted octanol–water partition coefficient (Wildman–Crippen LogP) is 1.52. The lowest BCUT2D eigenvalue weighted by Gasteiger charge is -2.32. The number of ether oxygens (including phenoxy) is 1. The highest BCUT2D eigenvalue weighted by atomic mass is 31.2. The number of rotatable bonds is 4. The Morgan fingerprint density at radius 1 is 1.50 bits per heavy atom. The number of hydrogen-bond acceptors (Lipinski definition) is 5. The Hall–Kier alpha value is -1.40. The van der Waals surface area contributed by atoms with Crippen molar-refractivity contribution in [3.8, 4) is 5.75 Å². The van der Waals surface area contributed by atoms with Gasteiger partial charge in [0.2, 0.25) is 0 Å². The van der Waals surface area contributed by atoms with Gasteiger partial charge in [-0.1, -0.05) is 0 Å². The Balaban J connectivity index is 2.38. The van der Waals surface area contributed by atoms with Gasteiger partial charge in [-0.2, -0.15) is 0 Å². The lowest BCUT2D eigenvalue weighted by atomic mass is 10.2. The molecule has 1 heterocycles. The summed E-state index contributed by atoms with van der Waals surface area (Å²) < 4.78 is 25.7. The minimum atomic E-state index is -3.37. The Kier molecular flexibility index (Phi) is 5.58. The average Bonchev–Trinajstić information content (AvgIpc) is 2.68. The maximum atomic E-state index is 13.4. The van der Waals surface area contributed by atoms with E-state index < -0.39 is 13.4 Å². The van der Waals surface area contributed by atoms with E-state index in [9.17, 15) is 9.36 Å². The van der Waals surface area contributed by atoms with E-state index in [1.54, 1.807) is 36.9 Å². The van der Waals surface area contributed by atoms with Gasteiger partial charge in [0.15, 0.2) is 0 Å². The number of hydrogen-bond donors (Lipinski definition) is 2. The summed E-state index contributed by atoms with van der Waals surface area (Å²) in [6.45, 7) is 2.07. The minimum Gasteiger partial charge on any atom is -0.497 e. The van der Waals surface area contributed by atoms with Gasteiger partial charge in [-0.25, -0.2) is 10.2 Å². The van der Waals surface area contributed by atoms with Crippen LogP contribution in [0.5, 0.6) is 5.75 Å². The van der Waals surface area contributed by atoms with Crippen molar-refractivity contribution in [1.82, 2.24) is 10.2 Å². The maximum absolute atomic E-state index is 13.4. The molecule has 122 valence electrons. The number of hydroxylamine groups is 1. The Labute approximate surface area is 129 Å². The van der Waals surface area contributed by atoms with Crippen LogP contribution in [0, 0.1) is 0 Å². The van der Waals surface area contributed by atoms with Crippen LogP contribution in [0.15, 0.2) is 24.3 Å². The van der Waals surface area contributed by atoms with E-state index in [-0.39, 0.29) is 12.6 Å². The number of nitrogens with one attached hydrogen (secondary N) is 1. The average molecular weight is 328 g/mol. The van der Waals surface area contributed by atoms with E-state index in [0.717, 1.165) is 12.8 Å². The van der Waals surface area contributed by atoms with Crippen molar-refractivity contribution in [2.24, 2.45) is 0 Å². The van der Waals surface area contributed by atoms with Gasteiger partial charge < -0.3 is 9.26 Å². The molecule has 22 heavy (non-hydrogen) atoms. The molecule has 7 nitrogen and oxygen atoms in total. The Morgan fingerprint density at radius 2 is 2.18 bits per heavy atom. The van der Waals surface area contributed by atoms with E-state index in [0.29, 0.717) is 17.7 Å². The van der Waals surface area contributed by atoms with Crippen molar-refractivity contribution in [2.75, 3.05) is 20.3 Å². The summed E-state index contributed by atoms with van der Waals surface area (Å²) in [5, 5.41) is 9.27. The lowest BCUT2D eigenvalue weighted by Crippen LogP contribution is -2.40. The molecule has 0 aromatic heterocycles. The number of carbonyl (C=O) groups is 1. The highest BCUT2D eigenvalue weighted by Gasteiger charge is 2.40. The molecule has 2 N–H and O–H groups in total. The molecule has 2 rings (SSSR count). The number of methoxy groups -OCH3 is 1. The minimum absolute atomic E-state index is 0.104. The molecule has 1 saturated heterocycles. The van der Waals surface area contributed by atoms with E-state index in [4.69, 9.17) is 14.5 Å². The summed E-state index contributed by atoms with van der Waals surface area (Å²) in [4.78, 5) is 11.6. The molecule has 0 saturated carbocycles. The summed E-state index contributed by atoms with van der Waals surface area (Å²) in [5.41, 5.74) is 1.58. The SMILES string of the molecule is COc1ccc(P2(=O)OCCCC(C)N2CC(=O)NO)cc1. The molecule has 0 spiro atoms.